The zero-order valence-electron chi connectivity index (χ0n) is 13.4. The molecule has 1 saturated heterocycles. The molecule has 1 aromatic rings. The number of amides is 2. The van der Waals surface area contributed by atoms with Crippen molar-refractivity contribution in [2.75, 3.05) is 18.4 Å². The highest BCUT2D eigenvalue weighted by Gasteiger charge is 2.21. The Kier molecular flexibility index (Phi) is 5.28. The Morgan fingerprint density at radius 2 is 1.91 bits per heavy atom. The number of rotatable bonds is 4. The lowest BCUT2D eigenvalue weighted by atomic mass is 9.88. The molecule has 1 aromatic carbocycles. The van der Waals surface area contributed by atoms with Crippen molar-refractivity contribution in [1.29, 1.82) is 0 Å². The summed E-state index contributed by atoms with van der Waals surface area (Å²) in [6.45, 7) is 1.77. The van der Waals surface area contributed by atoms with Gasteiger partial charge in [-0.05, 0) is 44.0 Å². The standard InChI is InChI=1S/C18H25N3O2/c22-17(13-5-2-1-3-6-13)20-15-8-4-7-14(11-15)18(23)21-16-9-10-19-12-16/h4,7-8,11,13,16,19H,1-3,5-6,9-10,12H2,(H,20,22)(H,21,23). The Labute approximate surface area is 137 Å². The molecule has 0 bridgehead atoms. The van der Waals surface area contributed by atoms with E-state index in [0.29, 0.717) is 11.3 Å². The van der Waals surface area contributed by atoms with Crippen molar-refractivity contribution < 1.29 is 9.59 Å². The molecule has 1 aliphatic heterocycles. The smallest absolute Gasteiger partial charge is 0.251 e. The summed E-state index contributed by atoms with van der Waals surface area (Å²) in [4.78, 5) is 24.6. The van der Waals surface area contributed by atoms with E-state index in [-0.39, 0.29) is 23.8 Å². The highest BCUT2D eigenvalue weighted by Crippen LogP contribution is 2.25. The molecule has 5 nitrogen and oxygen atoms in total. The third-order valence-corrected chi connectivity index (χ3v) is 4.76. The molecule has 1 aliphatic carbocycles. The first-order valence-corrected chi connectivity index (χ1v) is 8.65. The molecule has 3 rings (SSSR count). The quantitative estimate of drug-likeness (QED) is 0.798. The maximum Gasteiger partial charge on any atom is 0.251 e. The van der Waals surface area contributed by atoms with Crippen LogP contribution in [-0.4, -0.2) is 30.9 Å². The Balaban J connectivity index is 1.59. The maximum atomic E-state index is 12.3. The van der Waals surface area contributed by atoms with Gasteiger partial charge in [0.15, 0.2) is 0 Å². The Morgan fingerprint density at radius 3 is 2.65 bits per heavy atom. The second-order valence-corrected chi connectivity index (χ2v) is 6.57. The molecule has 2 amide bonds. The average Bonchev–Trinajstić information content (AvgIpc) is 3.09. The van der Waals surface area contributed by atoms with E-state index in [2.05, 4.69) is 16.0 Å². The molecule has 1 atom stereocenters. The van der Waals surface area contributed by atoms with Gasteiger partial charge in [0.25, 0.3) is 5.91 Å². The van der Waals surface area contributed by atoms with Crippen molar-refractivity contribution in [3.8, 4) is 0 Å². The first-order chi connectivity index (χ1) is 11.2. The third-order valence-electron chi connectivity index (χ3n) is 4.76. The molecule has 1 heterocycles. The third kappa shape index (κ3) is 4.32. The number of carbonyl (C=O) groups is 2. The lowest BCUT2D eigenvalue weighted by Gasteiger charge is -2.21. The molecule has 23 heavy (non-hydrogen) atoms. The van der Waals surface area contributed by atoms with Crippen molar-refractivity contribution in [2.24, 2.45) is 5.92 Å². The molecule has 1 unspecified atom stereocenters. The van der Waals surface area contributed by atoms with Crippen LogP contribution in [0, 0.1) is 5.92 Å². The maximum absolute atomic E-state index is 12.3. The minimum atomic E-state index is -0.0764. The zero-order chi connectivity index (χ0) is 16.1. The van der Waals surface area contributed by atoms with Crippen molar-refractivity contribution in [3.63, 3.8) is 0 Å². The predicted molar refractivity (Wildman–Crippen MR) is 90.4 cm³/mol. The van der Waals surface area contributed by atoms with Crippen LogP contribution < -0.4 is 16.0 Å². The molecule has 0 radical (unpaired) electrons. The van der Waals surface area contributed by atoms with Crippen LogP contribution in [0.5, 0.6) is 0 Å². The predicted octanol–water partition coefficient (Wildman–Crippen LogP) is 2.30. The first-order valence-electron chi connectivity index (χ1n) is 8.65. The second-order valence-electron chi connectivity index (χ2n) is 6.57. The van der Waals surface area contributed by atoms with Crippen LogP contribution in [0.25, 0.3) is 0 Å². The molecule has 3 N–H and O–H groups in total. The molecule has 0 spiro atoms. The zero-order valence-corrected chi connectivity index (χ0v) is 13.4. The van der Waals surface area contributed by atoms with Crippen LogP contribution in [0.2, 0.25) is 0 Å². The van der Waals surface area contributed by atoms with Crippen LogP contribution in [0.15, 0.2) is 24.3 Å². The average molecular weight is 315 g/mol. The lowest BCUT2D eigenvalue weighted by molar-refractivity contribution is -0.120. The molecule has 2 fully saturated rings. The summed E-state index contributed by atoms with van der Waals surface area (Å²) in [5.74, 6) is 0.125. The minimum Gasteiger partial charge on any atom is -0.348 e. The number of nitrogens with one attached hydrogen (secondary N) is 3. The molecular weight excluding hydrogens is 290 g/mol. The van der Waals surface area contributed by atoms with Gasteiger partial charge in [0.05, 0.1) is 0 Å². The molecular formula is C18H25N3O2. The monoisotopic (exact) mass is 315 g/mol. The highest BCUT2D eigenvalue weighted by atomic mass is 16.2. The lowest BCUT2D eigenvalue weighted by Crippen LogP contribution is -2.36. The van der Waals surface area contributed by atoms with E-state index in [1.165, 1.54) is 6.42 Å². The van der Waals surface area contributed by atoms with Gasteiger partial charge in [-0.2, -0.15) is 0 Å². The van der Waals surface area contributed by atoms with Gasteiger partial charge in [0.2, 0.25) is 5.91 Å². The topological polar surface area (TPSA) is 70.2 Å². The van der Waals surface area contributed by atoms with Crippen molar-refractivity contribution >= 4 is 17.5 Å². The SMILES string of the molecule is O=C(NC1CCNC1)c1cccc(NC(=O)C2CCCCC2)c1. The van der Waals surface area contributed by atoms with Crippen molar-refractivity contribution in [2.45, 2.75) is 44.6 Å². The van der Waals surface area contributed by atoms with Crippen LogP contribution >= 0.6 is 0 Å². The Morgan fingerprint density at radius 1 is 1.09 bits per heavy atom. The second kappa shape index (κ2) is 7.59. The Bertz CT molecular complexity index is 561. The summed E-state index contributed by atoms with van der Waals surface area (Å²) in [5, 5.41) is 9.23. The summed E-state index contributed by atoms with van der Waals surface area (Å²) in [6.07, 6.45) is 6.41. The van der Waals surface area contributed by atoms with E-state index < -0.39 is 0 Å². The summed E-state index contributed by atoms with van der Waals surface area (Å²) in [6, 6.07) is 7.40. The van der Waals surface area contributed by atoms with Gasteiger partial charge in [-0.3, -0.25) is 9.59 Å². The number of hydrogen-bond donors (Lipinski definition) is 3. The molecule has 1 saturated carbocycles. The number of hydrogen-bond acceptors (Lipinski definition) is 3. The number of benzene rings is 1. The van der Waals surface area contributed by atoms with E-state index in [1.54, 1.807) is 12.1 Å². The van der Waals surface area contributed by atoms with Crippen LogP contribution in [0.4, 0.5) is 5.69 Å². The van der Waals surface area contributed by atoms with E-state index in [0.717, 1.165) is 45.2 Å². The summed E-state index contributed by atoms with van der Waals surface area (Å²) in [5.41, 5.74) is 1.30. The largest absolute Gasteiger partial charge is 0.348 e. The Hall–Kier alpha value is -1.88. The van der Waals surface area contributed by atoms with Gasteiger partial charge < -0.3 is 16.0 Å². The fourth-order valence-corrected chi connectivity index (χ4v) is 3.39. The summed E-state index contributed by atoms with van der Waals surface area (Å²) < 4.78 is 0. The highest BCUT2D eigenvalue weighted by molar-refractivity contribution is 5.97. The van der Waals surface area contributed by atoms with Gasteiger partial charge in [-0.1, -0.05) is 25.3 Å². The minimum absolute atomic E-state index is 0.0764. The van der Waals surface area contributed by atoms with Gasteiger partial charge in [-0.15, -0.1) is 0 Å². The molecule has 124 valence electrons. The van der Waals surface area contributed by atoms with Gasteiger partial charge in [-0.25, -0.2) is 0 Å². The fourth-order valence-electron chi connectivity index (χ4n) is 3.39. The number of anilines is 1. The number of carbonyl (C=O) groups excluding carboxylic acids is 2. The molecule has 0 aromatic heterocycles. The van der Waals surface area contributed by atoms with Crippen LogP contribution in [-0.2, 0) is 4.79 Å². The normalized spacial score (nSPS) is 21.8. The van der Waals surface area contributed by atoms with E-state index in [4.69, 9.17) is 0 Å². The van der Waals surface area contributed by atoms with E-state index >= 15 is 0 Å². The fraction of sp³-hybridized carbons (Fsp3) is 0.556. The van der Waals surface area contributed by atoms with Crippen LogP contribution in [0.1, 0.15) is 48.9 Å². The van der Waals surface area contributed by atoms with Gasteiger partial charge in [0, 0.05) is 29.8 Å². The van der Waals surface area contributed by atoms with E-state index in [1.807, 2.05) is 12.1 Å². The molecule has 2 aliphatic rings. The molecule has 5 heteroatoms. The van der Waals surface area contributed by atoms with Gasteiger partial charge in [0.1, 0.15) is 0 Å². The summed E-state index contributed by atoms with van der Waals surface area (Å²) >= 11 is 0. The van der Waals surface area contributed by atoms with Crippen molar-refractivity contribution in [3.05, 3.63) is 29.8 Å². The van der Waals surface area contributed by atoms with Gasteiger partial charge >= 0.3 is 0 Å². The van der Waals surface area contributed by atoms with E-state index in [9.17, 15) is 9.59 Å². The summed E-state index contributed by atoms with van der Waals surface area (Å²) in [7, 11) is 0. The van der Waals surface area contributed by atoms with Crippen molar-refractivity contribution in [1.82, 2.24) is 10.6 Å². The van der Waals surface area contributed by atoms with Crippen LogP contribution in [0.3, 0.4) is 0 Å². The first kappa shape index (κ1) is 16.0.